The second-order valence-corrected chi connectivity index (χ2v) is 6.75. The number of nitrogens with zero attached hydrogens (tertiary/aromatic N) is 4. The summed E-state index contributed by atoms with van der Waals surface area (Å²) in [6, 6.07) is 4.61. The second kappa shape index (κ2) is 6.71. The first-order valence-corrected chi connectivity index (χ1v) is 7.87. The highest BCUT2D eigenvalue weighted by Gasteiger charge is 2.40. The fourth-order valence-corrected chi connectivity index (χ4v) is 2.81. The molecule has 0 bridgehead atoms. The molecule has 1 aromatic heterocycles. The lowest BCUT2D eigenvalue weighted by Gasteiger charge is -2.49. The van der Waals surface area contributed by atoms with Crippen LogP contribution in [-0.2, 0) is 6.54 Å². The third-order valence-electron chi connectivity index (χ3n) is 4.55. The van der Waals surface area contributed by atoms with Gasteiger partial charge in [-0.05, 0) is 45.5 Å². The molecule has 0 spiro atoms. The van der Waals surface area contributed by atoms with Gasteiger partial charge in [0.05, 0.1) is 5.69 Å². The van der Waals surface area contributed by atoms with Gasteiger partial charge < -0.3 is 15.1 Å². The molecule has 1 heterocycles. The summed E-state index contributed by atoms with van der Waals surface area (Å²) < 4.78 is 0. The number of hydrogen-bond donors (Lipinski definition) is 1. The smallest absolute Gasteiger partial charge is 0.151 e. The lowest BCUT2D eigenvalue weighted by atomic mass is 9.75. The van der Waals surface area contributed by atoms with Crippen molar-refractivity contribution in [1.29, 1.82) is 0 Å². The van der Waals surface area contributed by atoms with Gasteiger partial charge in [0.2, 0.25) is 0 Å². The third-order valence-corrected chi connectivity index (χ3v) is 4.55. The highest BCUT2D eigenvalue weighted by Crippen LogP contribution is 2.37. The van der Waals surface area contributed by atoms with E-state index >= 15 is 0 Å². The van der Waals surface area contributed by atoms with Gasteiger partial charge in [-0.1, -0.05) is 13.8 Å². The molecule has 21 heavy (non-hydrogen) atoms. The van der Waals surface area contributed by atoms with E-state index in [2.05, 4.69) is 72.4 Å². The quantitative estimate of drug-likeness (QED) is 0.831. The monoisotopic (exact) mass is 291 g/mol. The van der Waals surface area contributed by atoms with Crippen molar-refractivity contribution in [3.63, 3.8) is 0 Å². The lowest BCUT2D eigenvalue weighted by Crippen LogP contribution is -2.56. The van der Waals surface area contributed by atoms with Crippen LogP contribution in [0, 0.1) is 0 Å². The van der Waals surface area contributed by atoms with Crippen molar-refractivity contribution >= 4 is 5.82 Å². The molecule has 0 saturated heterocycles. The maximum absolute atomic E-state index is 4.38. The Bertz CT molecular complexity index is 436. The standard InChI is InChI=1S/C16H29N5/c1-13(2)17-11-14-7-8-15(19-18-14)21(5)12-16(20(3)4)9-6-10-16/h7-8,13,17H,6,9-12H2,1-5H3. The van der Waals surface area contributed by atoms with Crippen molar-refractivity contribution in [2.24, 2.45) is 0 Å². The van der Waals surface area contributed by atoms with Gasteiger partial charge in [-0.2, -0.15) is 5.10 Å². The van der Waals surface area contributed by atoms with Gasteiger partial charge in [0, 0.05) is 31.7 Å². The lowest BCUT2D eigenvalue weighted by molar-refractivity contribution is 0.0681. The Hall–Kier alpha value is -1.20. The number of aromatic nitrogens is 2. The van der Waals surface area contributed by atoms with Crippen LogP contribution in [0.4, 0.5) is 5.82 Å². The highest BCUT2D eigenvalue weighted by molar-refractivity contribution is 5.37. The Morgan fingerprint density at radius 1 is 1.19 bits per heavy atom. The van der Waals surface area contributed by atoms with Crippen molar-refractivity contribution in [1.82, 2.24) is 20.4 Å². The molecule has 1 aliphatic carbocycles. The van der Waals surface area contributed by atoms with E-state index in [1.54, 1.807) is 0 Å². The number of likely N-dealkylation sites (N-methyl/N-ethyl adjacent to an activating group) is 2. The average molecular weight is 291 g/mol. The molecule has 0 unspecified atom stereocenters. The summed E-state index contributed by atoms with van der Waals surface area (Å²) in [7, 11) is 6.47. The summed E-state index contributed by atoms with van der Waals surface area (Å²) in [5, 5.41) is 12.1. The van der Waals surface area contributed by atoms with Crippen LogP contribution in [0.3, 0.4) is 0 Å². The molecule has 1 aliphatic rings. The van der Waals surface area contributed by atoms with Gasteiger partial charge in [0.1, 0.15) is 0 Å². The van der Waals surface area contributed by atoms with E-state index in [-0.39, 0.29) is 0 Å². The molecule has 1 aromatic rings. The molecule has 0 atom stereocenters. The molecular weight excluding hydrogens is 262 g/mol. The normalized spacial score (nSPS) is 17.1. The second-order valence-electron chi connectivity index (χ2n) is 6.75. The molecule has 0 radical (unpaired) electrons. The molecule has 1 fully saturated rings. The molecule has 1 N–H and O–H groups in total. The van der Waals surface area contributed by atoms with Crippen LogP contribution in [0.25, 0.3) is 0 Å². The maximum Gasteiger partial charge on any atom is 0.151 e. The summed E-state index contributed by atoms with van der Waals surface area (Å²) >= 11 is 0. The predicted molar refractivity (Wildman–Crippen MR) is 87.5 cm³/mol. The predicted octanol–water partition coefficient (Wildman–Crippen LogP) is 1.90. The minimum atomic E-state index is 0.314. The summed E-state index contributed by atoms with van der Waals surface area (Å²) in [6.45, 7) is 6.05. The van der Waals surface area contributed by atoms with E-state index in [0.29, 0.717) is 11.6 Å². The number of anilines is 1. The van der Waals surface area contributed by atoms with Crippen molar-refractivity contribution in [2.75, 3.05) is 32.6 Å². The molecule has 118 valence electrons. The van der Waals surface area contributed by atoms with Crippen LogP contribution in [0.1, 0.15) is 38.8 Å². The highest BCUT2D eigenvalue weighted by atomic mass is 15.3. The van der Waals surface area contributed by atoms with Gasteiger partial charge in [0.15, 0.2) is 5.82 Å². The largest absolute Gasteiger partial charge is 0.356 e. The number of rotatable bonds is 7. The number of nitrogens with one attached hydrogen (secondary N) is 1. The molecule has 5 nitrogen and oxygen atoms in total. The fourth-order valence-electron chi connectivity index (χ4n) is 2.81. The van der Waals surface area contributed by atoms with Crippen LogP contribution in [0.5, 0.6) is 0 Å². The topological polar surface area (TPSA) is 44.3 Å². The van der Waals surface area contributed by atoms with E-state index in [0.717, 1.165) is 24.6 Å². The summed E-state index contributed by atoms with van der Waals surface area (Å²) in [4.78, 5) is 4.59. The molecule has 0 aliphatic heterocycles. The Morgan fingerprint density at radius 3 is 2.33 bits per heavy atom. The van der Waals surface area contributed by atoms with Gasteiger partial charge in [-0.15, -0.1) is 5.10 Å². The van der Waals surface area contributed by atoms with Crippen LogP contribution in [-0.4, -0.2) is 54.4 Å². The van der Waals surface area contributed by atoms with Crippen LogP contribution in [0.15, 0.2) is 12.1 Å². The minimum Gasteiger partial charge on any atom is -0.356 e. The SMILES string of the molecule is CC(C)NCc1ccc(N(C)CC2(N(C)C)CCC2)nn1. The summed E-state index contributed by atoms with van der Waals surface area (Å²) in [5.41, 5.74) is 1.31. The Kier molecular flexibility index (Phi) is 5.17. The van der Waals surface area contributed by atoms with Crippen molar-refractivity contribution in [3.8, 4) is 0 Å². The Morgan fingerprint density at radius 2 is 1.90 bits per heavy atom. The minimum absolute atomic E-state index is 0.314. The Labute approximate surface area is 128 Å². The molecule has 1 saturated carbocycles. The summed E-state index contributed by atoms with van der Waals surface area (Å²) in [6.07, 6.45) is 3.87. The van der Waals surface area contributed by atoms with E-state index in [9.17, 15) is 0 Å². The molecule has 2 rings (SSSR count). The van der Waals surface area contributed by atoms with Crippen LogP contribution < -0.4 is 10.2 Å². The maximum atomic E-state index is 4.38. The molecule has 5 heteroatoms. The van der Waals surface area contributed by atoms with E-state index in [1.807, 2.05) is 0 Å². The average Bonchev–Trinajstić information content (AvgIpc) is 2.40. The molecule has 0 amide bonds. The van der Waals surface area contributed by atoms with Crippen molar-refractivity contribution in [2.45, 2.75) is 51.2 Å². The van der Waals surface area contributed by atoms with Crippen molar-refractivity contribution in [3.05, 3.63) is 17.8 Å². The van der Waals surface area contributed by atoms with Crippen LogP contribution in [0.2, 0.25) is 0 Å². The fraction of sp³-hybridized carbons (Fsp3) is 0.750. The zero-order chi connectivity index (χ0) is 15.5. The van der Waals surface area contributed by atoms with Crippen LogP contribution >= 0.6 is 0 Å². The Balaban J connectivity index is 1.95. The first-order chi connectivity index (χ1) is 9.93. The number of hydrogen-bond acceptors (Lipinski definition) is 5. The molecule has 0 aromatic carbocycles. The zero-order valence-corrected chi connectivity index (χ0v) is 14.1. The van der Waals surface area contributed by atoms with Gasteiger partial charge in [-0.25, -0.2) is 0 Å². The van der Waals surface area contributed by atoms with Gasteiger partial charge in [0.25, 0.3) is 0 Å². The summed E-state index contributed by atoms with van der Waals surface area (Å²) in [5.74, 6) is 0.955. The van der Waals surface area contributed by atoms with Crippen molar-refractivity contribution < 1.29 is 0 Å². The van der Waals surface area contributed by atoms with E-state index < -0.39 is 0 Å². The van der Waals surface area contributed by atoms with E-state index in [4.69, 9.17) is 0 Å². The van der Waals surface area contributed by atoms with Gasteiger partial charge >= 0.3 is 0 Å². The first kappa shape index (κ1) is 16.2. The first-order valence-electron chi connectivity index (χ1n) is 7.87. The molecular formula is C16H29N5. The zero-order valence-electron chi connectivity index (χ0n) is 14.1. The third kappa shape index (κ3) is 3.92. The van der Waals surface area contributed by atoms with Gasteiger partial charge in [-0.3, -0.25) is 0 Å². The van der Waals surface area contributed by atoms with E-state index in [1.165, 1.54) is 19.3 Å².